The van der Waals surface area contributed by atoms with Crippen molar-refractivity contribution in [3.63, 3.8) is 0 Å². The molecule has 6 nitrogen and oxygen atoms in total. The Balaban J connectivity index is 2.38. The first-order valence-electron chi connectivity index (χ1n) is 7.57. The quantitative estimate of drug-likeness (QED) is 0.595. The third-order valence-corrected chi connectivity index (χ3v) is 4.30. The fourth-order valence-corrected chi connectivity index (χ4v) is 3.30. The number of rotatable bonds is 7. The van der Waals surface area contributed by atoms with E-state index in [1.54, 1.807) is 6.20 Å². The lowest BCUT2D eigenvalue weighted by Gasteiger charge is -2.42. The molecule has 0 amide bonds. The summed E-state index contributed by atoms with van der Waals surface area (Å²) in [6.07, 6.45) is 4.22. The van der Waals surface area contributed by atoms with Gasteiger partial charge in [-0.15, -0.1) is 0 Å². The molecule has 1 aromatic heterocycles. The fraction of sp³-hybridized carbons (Fsp3) is 0.786. The Kier molecular flexibility index (Phi) is 6.01. The van der Waals surface area contributed by atoms with Gasteiger partial charge in [-0.2, -0.15) is 5.10 Å². The molecular weight excluding hydrogens is 292 g/mol. The minimum absolute atomic E-state index is 0.206. The second kappa shape index (κ2) is 7.56. The molecule has 0 bridgehead atoms. The van der Waals surface area contributed by atoms with Crippen LogP contribution < -0.4 is 11.3 Å². The van der Waals surface area contributed by atoms with Gasteiger partial charge in [0.1, 0.15) is 0 Å². The Morgan fingerprint density at radius 2 is 2.24 bits per heavy atom. The van der Waals surface area contributed by atoms with E-state index in [0.29, 0.717) is 24.8 Å². The largest absolute Gasteiger partial charge is 0.381 e. The number of aromatic nitrogens is 2. The fourth-order valence-electron chi connectivity index (χ4n) is 3.05. The van der Waals surface area contributed by atoms with E-state index >= 15 is 0 Å². The molecular formula is C14H25ClN4O2. The summed E-state index contributed by atoms with van der Waals surface area (Å²) >= 11 is 6.37. The molecule has 2 rings (SSSR count). The number of nitrogens with zero attached hydrogens (tertiary/aromatic N) is 2. The molecule has 1 atom stereocenters. The lowest BCUT2D eigenvalue weighted by atomic mass is 9.84. The molecule has 1 unspecified atom stereocenters. The van der Waals surface area contributed by atoms with Crippen LogP contribution in [0.25, 0.3) is 0 Å². The van der Waals surface area contributed by atoms with Gasteiger partial charge in [0.25, 0.3) is 0 Å². The van der Waals surface area contributed by atoms with E-state index in [1.807, 2.05) is 11.6 Å². The minimum atomic E-state index is -0.406. The molecule has 1 aliphatic heterocycles. The summed E-state index contributed by atoms with van der Waals surface area (Å²) in [5.41, 5.74) is 3.41. The molecule has 0 aromatic carbocycles. The maximum atomic E-state index is 6.37. The van der Waals surface area contributed by atoms with E-state index in [9.17, 15) is 0 Å². The molecule has 0 spiro atoms. The number of nitrogens with two attached hydrogens (primary N) is 1. The van der Waals surface area contributed by atoms with Gasteiger partial charge in [0, 0.05) is 39.2 Å². The Morgan fingerprint density at radius 3 is 2.81 bits per heavy atom. The zero-order chi connectivity index (χ0) is 15.3. The molecule has 0 saturated carbocycles. The first-order valence-corrected chi connectivity index (χ1v) is 7.95. The van der Waals surface area contributed by atoms with Crippen molar-refractivity contribution in [2.24, 2.45) is 5.84 Å². The van der Waals surface area contributed by atoms with Crippen molar-refractivity contribution in [3.05, 3.63) is 16.9 Å². The summed E-state index contributed by atoms with van der Waals surface area (Å²) in [5.74, 6) is 5.87. The topological polar surface area (TPSA) is 74.3 Å². The van der Waals surface area contributed by atoms with E-state index < -0.39 is 5.60 Å². The average molecular weight is 317 g/mol. The van der Waals surface area contributed by atoms with Crippen molar-refractivity contribution in [1.82, 2.24) is 15.2 Å². The average Bonchev–Trinajstić information content (AvgIpc) is 2.83. The van der Waals surface area contributed by atoms with Crippen LogP contribution in [0.1, 0.15) is 44.8 Å². The summed E-state index contributed by atoms with van der Waals surface area (Å²) in [5, 5.41) is 4.98. The SMILES string of the molecule is CCCn1ncc(Cl)c1C(NN)C1(OCC)CCOCC1. The van der Waals surface area contributed by atoms with Gasteiger partial charge < -0.3 is 9.47 Å². The Morgan fingerprint density at radius 1 is 1.52 bits per heavy atom. The van der Waals surface area contributed by atoms with Gasteiger partial charge in [0.15, 0.2) is 0 Å². The zero-order valence-corrected chi connectivity index (χ0v) is 13.5. The predicted octanol–water partition coefficient (Wildman–Crippen LogP) is 2.04. The molecule has 1 aliphatic rings. The number of hydrogen-bond acceptors (Lipinski definition) is 5. The van der Waals surface area contributed by atoms with Gasteiger partial charge in [-0.25, -0.2) is 5.43 Å². The molecule has 0 radical (unpaired) electrons. The maximum absolute atomic E-state index is 6.37. The van der Waals surface area contributed by atoms with Crippen molar-refractivity contribution in [3.8, 4) is 0 Å². The highest BCUT2D eigenvalue weighted by molar-refractivity contribution is 6.31. The third-order valence-electron chi connectivity index (χ3n) is 4.01. The highest BCUT2D eigenvalue weighted by atomic mass is 35.5. The van der Waals surface area contributed by atoms with Gasteiger partial charge in [0.05, 0.1) is 28.6 Å². The van der Waals surface area contributed by atoms with Crippen LogP contribution in [0.4, 0.5) is 0 Å². The van der Waals surface area contributed by atoms with Crippen molar-refractivity contribution in [2.75, 3.05) is 19.8 Å². The summed E-state index contributed by atoms with van der Waals surface area (Å²) < 4.78 is 13.5. The molecule has 120 valence electrons. The smallest absolute Gasteiger partial charge is 0.0948 e. The van der Waals surface area contributed by atoms with Crippen molar-refractivity contribution < 1.29 is 9.47 Å². The van der Waals surface area contributed by atoms with Crippen LogP contribution in [0.2, 0.25) is 5.02 Å². The van der Waals surface area contributed by atoms with E-state index in [0.717, 1.165) is 31.5 Å². The summed E-state index contributed by atoms with van der Waals surface area (Å²) in [4.78, 5) is 0. The maximum Gasteiger partial charge on any atom is 0.0948 e. The standard InChI is InChI=1S/C14H25ClN4O2/c1-3-7-19-12(11(15)10-17-19)13(18-16)14(21-4-2)5-8-20-9-6-14/h10,13,18H,3-9,16H2,1-2H3. The Hall–Kier alpha value is -0.660. The van der Waals surface area contributed by atoms with Crippen LogP contribution in [0.5, 0.6) is 0 Å². The Bertz CT molecular complexity index is 441. The lowest BCUT2D eigenvalue weighted by Crippen LogP contribution is -2.52. The highest BCUT2D eigenvalue weighted by Crippen LogP contribution is 2.39. The zero-order valence-electron chi connectivity index (χ0n) is 12.8. The number of hydrazine groups is 1. The number of halogens is 1. The van der Waals surface area contributed by atoms with E-state index in [1.165, 1.54) is 0 Å². The van der Waals surface area contributed by atoms with Crippen LogP contribution in [0.3, 0.4) is 0 Å². The first kappa shape index (κ1) is 16.7. The molecule has 1 saturated heterocycles. The number of nitrogens with one attached hydrogen (secondary N) is 1. The third kappa shape index (κ3) is 3.40. The highest BCUT2D eigenvalue weighted by Gasteiger charge is 2.44. The van der Waals surface area contributed by atoms with Gasteiger partial charge in [-0.1, -0.05) is 18.5 Å². The van der Waals surface area contributed by atoms with Crippen LogP contribution in [-0.2, 0) is 16.0 Å². The first-order chi connectivity index (χ1) is 10.2. The van der Waals surface area contributed by atoms with Gasteiger partial charge in [-0.3, -0.25) is 10.5 Å². The molecule has 21 heavy (non-hydrogen) atoms. The summed E-state index contributed by atoms with van der Waals surface area (Å²) in [7, 11) is 0. The molecule has 1 fully saturated rings. The monoisotopic (exact) mass is 316 g/mol. The van der Waals surface area contributed by atoms with Crippen LogP contribution in [-0.4, -0.2) is 35.2 Å². The lowest BCUT2D eigenvalue weighted by molar-refractivity contribution is -0.129. The van der Waals surface area contributed by atoms with Crippen LogP contribution >= 0.6 is 11.6 Å². The molecule has 3 N–H and O–H groups in total. The molecule has 1 aromatic rings. The molecule has 2 heterocycles. The van der Waals surface area contributed by atoms with E-state index in [4.69, 9.17) is 26.9 Å². The summed E-state index contributed by atoms with van der Waals surface area (Å²) in [6.45, 7) is 6.86. The van der Waals surface area contributed by atoms with Crippen molar-refractivity contribution in [2.45, 2.75) is 51.3 Å². The van der Waals surface area contributed by atoms with Gasteiger partial charge >= 0.3 is 0 Å². The van der Waals surface area contributed by atoms with E-state index in [-0.39, 0.29) is 6.04 Å². The van der Waals surface area contributed by atoms with Crippen LogP contribution in [0, 0.1) is 0 Å². The second-order valence-corrected chi connectivity index (χ2v) is 5.72. The number of ether oxygens (including phenoxy) is 2. The normalized spacial score (nSPS) is 19.6. The minimum Gasteiger partial charge on any atom is -0.381 e. The number of aryl methyl sites for hydroxylation is 1. The summed E-state index contributed by atoms with van der Waals surface area (Å²) in [6, 6.07) is -0.206. The van der Waals surface area contributed by atoms with Crippen LogP contribution in [0.15, 0.2) is 6.20 Å². The number of hydrogen-bond donors (Lipinski definition) is 2. The van der Waals surface area contributed by atoms with Crippen molar-refractivity contribution in [1.29, 1.82) is 0 Å². The molecule has 0 aliphatic carbocycles. The van der Waals surface area contributed by atoms with E-state index in [2.05, 4.69) is 17.4 Å². The second-order valence-electron chi connectivity index (χ2n) is 5.31. The predicted molar refractivity (Wildman–Crippen MR) is 82.0 cm³/mol. The molecule has 7 heteroatoms. The van der Waals surface area contributed by atoms with Crippen molar-refractivity contribution >= 4 is 11.6 Å². The Labute approximate surface area is 130 Å². The van der Waals surface area contributed by atoms with Gasteiger partial charge in [-0.05, 0) is 13.3 Å². The van der Waals surface area contributed by atoms with Gasteiger partial charge in [0.2, 0.25) is 0 Å².